The van der Waals surface area contributed by atoms with Gasteiger partial charge in [0.05, 0.1) is 5.56 Å². The second-order valence-corrected chi connectivity index (χ2v) is 5.26. The molecule has 0 aliphatic rings. The summed E-state index contributed by atoms with van der Waals surface area (Å²) < 4.78 is 5.74. The van der Waals surface area contributed by atoms with E-state index in [1.807, 2.05) is 36.4 Å². The van der Waals surface area contributed by atoms with E-state index in [9.17, 15) is 9.59 Å². The summed E-state index contributed by atoms with van der Waals surface area (Å²) in [7, 11) is 0. The number of rotatable bonds is 5. The molecule has 2 aromatic rings. The van der Waals surface area contributed by atoms with Crippen LogP contribution in [-0.4, -0.2) is 18.5 Å². The molecule has 0 aliphatic heterocycles. The molecule has 0 radical (unpaired) electrons. The fraction of sp³-hybridized carbons (Fsp3) is 0.125. The maximum Gasteiger partial charge on any atom is 0.338 e. The zero-order chi connectivity index (χ0) is 15.1. The maximum absolute atomic E-state index is 11.8. The largest absolute Gasteiger partial charge is 0.452 e. The standard InChI is InChI=1S/C16H14BrNO3/c17-14-8-4-7-13(9-14)16(20)21-11-15(19)18-10-12-5-2-1-3-6-12/h1-9H,10-11H2,(H,18,19). The first kappa shape index (κ1) is 15.3. The summed E-state index contributed by atoms with van der Waals surface area (Å²) in [5.41, 5.74) is 1.39. The van der Waals surface area contributed by atoms with Crippen LogP contribution in [0.5, 0.6) is 0 Å². The first-order valence-electron chi connectivity index (χ1n) is 6.38. The van der Waals surface area contributed by atoms with Gasteiger partial charge in [-0.1, -0.05) is 52.3 Å². The van der Waals surface area contributed by atoms with Crippen LogP contribution < -0.4 is 5.32 Å². The molecule has 0 bridgehead atoms. The smallest absolute Gasteiger partial charge is 0.338 e. The van der Waals surface area contributed by atoms with Gasteiger partial charge in [0.2, 0.25) is 0 Å². The van der Waals surface area contributed by atoms with Gasteiger partial charge in [-0.2, -0.15) is 0 Å². The van der Waals surface area contributed by atoms with E-state index in [4.69, 9.17) is 4.74 Å². The Hall–Kier alpha value is -2.14. The molecule has 0 atom stereocenters. The second-order valence-electron chi connectivity index (χ2n) is 4.35. The van der Waals surface area contributed by atoms with Crippen LogP contribution in [0.4, 0.5) is 0 Å². The number of nitrogens with one attached hydrogen (secondary N) is 1. The Balaban J connectivity index is 1.77. The van der Waals surface area contributed by atoms with Gasteiger partial charge in [0.15, 0.2) is 6.61 Å². The Labute approximate surface area is 131 Å². The number of hydrogen-bond donors (Lipinski definition) is 1. The van der Waals surface area contributed by atoms with E-state index in [0.29, 0.717) is 12.1 Å². The number of amides is 1. The fourth-order valence-electron chi connectivity index (χ4n) is 1.68. The predicted molar refractivity (Wildman–Crippen MR) is 82.7 cm³/mol. The molecule has 0 spiro atoms. The molecule has 5 heteroatoms. The van der Waals surface area contributed by atoms with E-state index in [1.54, 1.807) is 18.2 Å². The fourth-order valence-corrected chi connectivity index (χ4v) is 2.08. The zero-order valence-corrected chi connectivity index (χ0v) is 12.8. The van der Waals surface area contributed by atoms with E-state index < -0.39 is 5.97 Å². The Kier molecular flexibility index (Phi) is 5.51. The first-order valence-corrected chi connectivity index (χ1v) is 7.18. The highest BCUT2D eigenvalue weighted by molar-refractivity contribution is 9.10. The summed E-state index contributed by atoms with van der Waals surface area (Å²) in [6.45, 7) is 0.117. The third-order valence-corrected chi connectivity index (χ3v) is 3.22. The number of halogens is 1. The minimum Gasteiger partial charge on any atom is -0.452 e. The summed E-state index contributed by atoms with van der Waals surface area (Å²) in [6.07, 6.45) is 0. The van der Waals surface area contributed by atoms with Crippen LogP contribution in [0.1, 0.15) is 15.9 Å². The molecule has 4 nitrogen and oxygen atoms in total. The number of ether oxygens (including phenoxy) is 1. The number of benzene rings is 2. The molecule has 0 aliphatic carbocycles. The average Bonchev–Trinajstić information content (AvgIpc) is 2.51. The lowest BCUT2D eigenvalue weighted by Crippen LogP contribution is -2.28. The van der Waals surface area contributed by atoms with E-state index in [2.05, 4.69) is 21.2 Å². The highest BCUT2D eigenvalue weighted by Crippen LogP contribution is 2.12. The Morgan fingerprint density at radius 2 is 1.81 bits per heavy atom. The highest BCUT2D eigenvalue weighted by Gasteiger charge is 2.10. The quantitative estimate of drug-likeness (QED) is 0.846. The molecule has 0 saturated carbocycles. The van der Waals surface area contributed by atoms with Crippen LogP contribution in [-0.2, 0) is 16.1 Å². The molecule has 0 fully saturated rings. The molecule has 0 heterocycles. The SMILES string of the molecule is O=C(COC(=O)c1cccc(Br)c1)NCc1ccccc1. The van der Waals surface area contributed by atoms with Crippen LogP contribution in [0.2, 0.25) is 0 Å². The van der Waals surface area contributed by atoms with Crippen molar-refractivity contribution in [2.75, 3.05) is 6.61 Å². The van der Waals surface area contributed by atoms with E-state index in [0.717, 1.165) is 10.0 Å². The maximum atomic E-state index is 11.8. The van der Waals surface area contributed by atoms with Gasteiger partial charge in [0, 0.05) is 11.0 Å². The lowest BCUT2D eigenvalue weighted by atomic mass is 10.2. The average molecular weight is 348 g/mol. The van der Waals surface area contributed by atoms with E-state index in [1.165, 1.54) is 0 Å². The van der Waals surface area contributed by atoms with Crippen molar-refractivity contribution in [3.63, 3.8) is 0 Å². The molecule has 108 valence electrons. The summed E-state index contributed by atoms with van der Waals surface area (Å²) in [5, 5.41) is 2.69. The van der Waals surface area contributed by atoms with Crippen molar-refractivity contribution >= 4 is 27.8 Å². The summed E-state index contributed by atoms with van der Waals surface area (Å²) in [5.74, 6) is -0.853. The minimum absolute atomic E-state index is 0.293. The van der Waals surface area contributed by atoms with Gasteiger partial charge in [0.25, 0.3) is 5.91 Å². The monoisotopic (exact) mass is 347 g/mol. The van der Waals surface area contributed by atoms with Crippen molar-refractivity contribution < 1.29 is 14.3 Å². The number of carbonyl (C=O) groups is 2. The van der Waals surface area contributed by atoms with Crippen molar-refractivity contribution in [2.45, 2.75) is 6.54 Å². The highest BCUT2D eigenvalue weighted by atomic mass is 79.9. The molecule has 0 unspecified atom stereocenters. The van der Waals surface area contributed by atoms with E-state index in [-0.39, 0.29) is 12.5 Å². The van der Waals surface area contributed by atoms with Gasteiger partial charge in [0.1, 0.15) is 0 Å². The van der Waals surface area contributed by atoms with Crippen molar-refractivity contribution in [2.24, 2.45) is 0 Å². The first-order chi connectivity index (χ1) is 10.1. The number of carbonyl (C=O) groups excluding carboxylic acids is 2. The van der Waals surface area contributed by atoms with Crippen molar-refractivity contribution in [3.8, 4) is 0 Å². The molecule has 1 amide bonds. The van der Waals surface area contributed by atoms with Crippen molar-refractivity contribution in [3.05, 3.63) is 70.2 Å². The van der Waals surface area contributed by atoms with Gasteiger partial charge in [-0.15, -0.1) is 0 Å². The summed E-state index contributed by atoms with van der Waals surface area (Å²) in [4.78, 5) is 23.4. The molecule has 0 saturated heterocycles. The van der Waals surface area contributed by atoms with Gasteiger partial charge >= 0.3 is 5.97 Å². The summed E-state index contributed by atoms with van der Waals surface area (Å²) >= 11 is 3.27. The Morgan fingerprint density at radius 1 is 1.05 bits per heavy atom. The zero-order valence-electron chi connectivity index (χ0n) is 11.2. The summed E-state index contributed by atoms with van der Waals surface area (Å²) in [6, 6.07) is 16.3. The van der Waals surface area contributed by atoms with Gasteiger partial charge in [-0.05, 0) is 23.8 Å². The van der Waals surface area contributed by atoms with Gasteiger partial charge < -0.3 is 10.1 Å². The van der Waals surface area contributed by atoms with E-state index >= 15 is 0 Å². The topological polar surface area (TPSA) is 55.4 Å². The molecule has 21 heavy (non-hydrogen) atoms. The number of esters is 1. The third-order valence-electron chi connectivity index (χ3n) is 2.73. The van der Waals surface area contributed by atoms with Crippen LogP contribution in [0.3, 0.4) is 0 Å². The van der Waals surface area contributed by atoms with Crippen molar-refractivity contribution in [1.82, 2.24) is 5.32 Å². The molecule has 2 aromatic carbocycles. The van der Waals surface area contributed by atoms with Crippen LogP contribution in [0, 0.1) is 0 Å². The Morgan fingerprint density at radius 3 is 2.52 bits per heavy atom. The molecule has 0 aromatic heterocycles. The number of hydrogen-bond acceptors (Lipinski definition) is 3. The second kappa shape index (κ2) is 7.59. The lowest BCUT2D eigenvalue weighted by molar-refractivity contribution is -0.124. The molecule has 2 rings (SSSR count). The van der Waals surface area contributed by atoms with Gasteiger partial charge in [-0.25, -0.2) is 4.79 Å². The normalized spacial score (nSPS) is 9.95. The molecule has 1 N–H and O–H groups in total. The Bertz CT molecular complexity index is 628. The lowest BCUT2D eigenvalue weighted by Gasteiger charge is -2.07. The van der Waals surface area contributed by atoms with Crippen LogP contribution in [0.15, 0.2) is 59.1 Å². The molecular formula is C16H14BrNO3. The van der Waals surface area contributed by atoms with Crippen LogP contribution in [0.25, 0.3) is 0 Å². The van der Waals surface area contributed by atoms with Crippen molar-refractivity contribution in [1.29, 1.82) is 0 Å². The van der Waals surface area contributed by atoms with Crippen LogP contribution >= 0.6 is 15.9 Å². The minimum atomic E-state index is -0.522. The third kappa shape index (κ3) is 5.04. The van der Waals surface area contributed by atoms with Gasteiger partial charge in [-0.3, -0.25) is 4.79 Å². The predicted octanol–water partition coefficient (Wildman–Crippen LogP) is 2.92. The molecular weight excluding hydrogens is 334 g/mol.